The van der Waals surface area contributed by atoms with E-state index in [1.54, 1.807) is 0 Å². The summed E-state index contributed by atoms with van der Waals surface area (Å²) in [5, 5.41) is 9.60. The highest BCUT2D eigenvalue weighted by Gasteiger charge is 2.56. The highest BCUT2D eigenvalue weighted by molar-refractivity contribution is 5.30. The molecule has 20 heavy (non-hydrogen) atoms. The predicted molar refractivity (Wildman–Crippen MR) is 85.8 cm³/mol. The van der Waals surface area contributed by atoms with E-state index in [2.05, 4.69) is 49.9 Å². The van der Waals surface area contributed by atoms with E-state index in [9.17, 15) is 5.11 Å². The molecule has 1 aliphatic rings. The quantitative estimate of drug-likeness (QED) is 0.499. The summed E-state index contributed by atoms with van der Waals surface area (Å²) in [4.78, 5) is 0. The van der Waals surface area contributed by atoms with Crippen LogP contribution in [0.25, 0.3) is 0 Å². The van der Waals surface area contributed by atoms with E-state index in [0.717, 1.165) is 6.42 Å². The lowest BCUT2D eigenvalue weighted by molar-refractivity contribution is 0.233. The van der Waals surface area contributed by atoms with Gasteiger partial charge in [0.05, 0.1) is 0 Å². The Bertz CT molecular complexity index is 411. The summed E-state index contributed by atoms with van der Waals surface area (Å²) in [7, 11) is 0. The van der Waals surface area contributed by atoms with Crippen molar-refractivity contribution in [2.45, 2.75) is 51.4 Å². The molecule has 1 heteroatoms. The minimum absolute atomic E-state index is 0.269. The molecule has 2 unspecified atom stereocenters. The first-order valence-corrected chi connectivity index (χ1v) is 8.07. The topological polar surface area (TPSA) is 20.2 Å². The van der Waals surface area contributed by atoms with Crippen LogP contribution in [0.4, 0.5) is 0 Å². The second kappa shape index (κ2) is 7.08. The Hall–Kier alpha value is -1.08. The average Bonchev–Trinajstić information content (AvgIpc) is 3.20. The largest absolute Gasteiger partial charge is 0.396 e. The molecule has 0 aliphatic heterocycles. The first kappa shape index (κ1) is 15.3. The zero-order valence-corrected chi connectivity index (χ0v) is 12.7. The molecule has 2 rings (SSSR count). The van der Waals surface area contributed by atoms with Gasteiger partial charge in [0.1, 0.15) is 0 Å². The number of aliphatic hydroxyl groups is 1. The fourth-order valence-corrected chi connectivity index (χ4v) is 3.73. The van der Waals surface area contributed by atoms with Gasteiger partial charge in [-0.15, -0.1) is 6.58 Å². The molecule has 1 aromatic carbocycles. The minimum Gasteiger partial charge on any atom is -0.396 e. The maximum atomic E-state index is 9.60. The van der Waals surface area contributed by atoms with Gasteiger partial charge in [0.25, 0.3) is 0 Å². The summed E-state index contributed by atoms with van der Waals surface area (Å²) in [6.07, 6.45) is 9.68. The van der Waals surface area contributed by atoms with Crippen molar-refractivity contribution in [3.05, 3.63) is 48.6 Å². The van der Waals surface area contributed by atoms with Crippen molar-refractivity contribution >= 4 is 0 Å². The second-order valence-electron chi connectivity index (χ2n) is 6.25. The molecule has 0 saturated heterocycles. The Balaban J connectivity index is 2.09. The normalized spacial score (nSPS) is 26.2. The number of rotatable bonds is 9. The van der Waals surface area contributed by atoms with Crippen LogP contribution in [0.1, 0.15) is 56.9 Å². The first-order chi connectivity index (χ1) is 9.78. The summed E-state index contributed by atoms with van der Waals surface area (Å²) in [6.45, 7) is 6.65. The van der Waals surface area contributed by atoms with Gasteiger partial charge in [-0.05, 0) is 29.7 Å². The summed E-state index contributed by atoms with van der Waals surface area (Å²) in [5.41, 5.74) is 1.62. The molecule has 1 saturated carbocycles. The number of hydrogen-bond donors (Lipinski definition) is 1. The van der Waals surface area contributed by atoms with Crippen LogP contribution in [0.2, 0.25) is 0 Å². The molecule has 0 heterocycles. The third-order valence-corrected chi connectivity index (χ3v) is 5.01. The molecule has 1 aromatic rings. The van der Waals surface area contributed by atoms with Crippen LogP contribution in [-0.2, 0) is 0 Å². The van der Waals surface area contributed by atoms with Crippen LogP contribution in [0.5, 0.6) is 0 Å². The van der Waals surface area contributed by atoms with Crippen LogP contribution < -0.4 is 0 Å². The van der Waals surface area contributed by atoms with Gasteiger partial charge in [0.15, 0.2) is 0 Å². The number of allylic oxidation sites excluding steroid dienone is 1. The molecule has 0 radical (unpaired) electrons. The molecule has 1 aliphatic carbocycles. The number of unbranched alkanes of at least 4 members (excludes halogenated alkanes) is 3. The lowest BCUT2D eigenvalue weighted by Gasteiger charge is -2.26. The van der Waals surface area contributed by atoms with Gasteiger partial charge in [-0.3, -0.25) is 0 Å². The molecule has 1 fully saturated rings. The van der Waals surface area contributed by atoms with Gasteiger partial charge < -0.3 is 5.11 Å². The lowest BCUT2D eigenvalue weighted by Crippen LogP contribution is -2.16. The summed E-state index contributed by atoms with van der Waals surface area (Å²) in [6, 6.07) is 10.7. The monoisotopic (exact) mass is 272 g/mol. The lowest BCUT2D eigenvalue weighted by atomic mass is 9.78. The smallest absolute Gasteiger partial charge is 0.0465 e. The molecule has 3 atom stereocenters. The second-order valence-corrected chi connectivity index (χ2v) is 6.25. The van der Waals surface area contributed by atoms with Gasteiger partial charge in [0.2, 0.25) is 0 Å². The van der Waals surface area contributed by atoms with Crippen LogP contribution in [0.3, 0.4) is 0 Å². The predicted octanol–water partition coefficient (Wildman–Crippen LogP) is 4.93. The van der Waals surface area contributed by atoms with E-state index in [1.807, 2.05) is 0 Å². The summed E-state index contributed by atoms with van der Waals surface area (Å²) in [5.74, 6) is 0.856. The maximum absolute atomic E-state index is 9.60. The van der Waals surface area contributed by atoms with E-state index in [4.69, 9.17) is 0 Å². The molecule has 110 valence electrons. The third-order valence-electron chi connectivity index (χ3n) is 5.01. The van der Waals surface area contributed by atoms with E-state index in [0.29, 0.717) is 18.4 Å². The standard InChI is InChI=1S/C19H28O/c1-3-5-6-10-13-19(14-17(19)15-20)18(4-2)16-11-8-7-9-12-16/h4,7-9,11-12,17-18,20H,2-3,5-6,10,13-15H2,1H3/t17?,18?,19-/m0/s1. The van der Waals surface area contributed by atoms with Crippen molar-refractivity contribution in [3.63, 3.8) is 0 Å². The Morgan fingerprint density at radius 3 is 2.60 bits per heavy atom. The highest BCUT2D eigenvalue weighted by Crippen LogP contribution is 2.64. The van der Waals surface area contributed by atoms with E-state index in [-0.39, 0.29) is 5.41 Å². The van der Waals surface area contributed by atoms with Crippen molar-refractivity contribution in [2.24, 2.45) is 11.3 Å². The molecule has 1 N–H and O–H groups in total. The van der Waals surface area contributed by atoms with Crippen molar-refractivity contribution in [1.29, 1.82) is 0 Å². The number of aliphatic hydroxyl groups excluding tert-OH is 1. The molecular weight excluding hydrogens is 244 g/mol. The Labute approximate surface area is 123 Å². The van der Waals surface area contributed by atoms with Crippen LogP contribution in [0, 0.1) is 11.3 Å². The SMILES string of the molecule is C=CC(c1ccccc1)[C@@]1(CCCCCC)CC1CO. The van der Waals surface area contributed by atoms with E-state index >= 15 is 0 Å². The minimum atomic E-state index is 0.269. The van der Waals surface area contributed by atoms with Crippen molar-refractivity contribution in [2.75, 3.05) is 6.61 Å². The Kier molecular flexibility index (Phi) is 5.42. The van der Waals surface area contributed by atoms with Crippen LogP contribution in [-0.4, -0.2) is 11.7 Å². The first-order valence-electron chi connectivity index (χ1n) is 8.07. The Morgan fingerprint density at radius 1 is 1.30 bits per heavy atom. The Morgan fingerprint density at radius 2 is 2.05 bits per heavy atom. The van der Waals surface area contributed by atoms with Crippen molar-refractivity contribution in [3.8, 4) is 0 Å². The zero-order valence-electron chi connectivity index (χ0n) is 12.7. The van der Waals surface area contributed by atoms with Gasteiger partial charge in [0, 0.05) is 12.5 Å². The highest BCUT2D eigenvalue weighted by atomic mass is 16.3. The van der Waals surface area contributed by atoms with Gasteiger partial charge in [-0.1, -0.05) is 69.0 Å². The third kappa shape index (κ3) is 3.15. The molecule has 0 bridgehead atoms. The zero-order chi connectivity index (χ0) is 14.4. The van der Waals surface area contributed by atoms with Crippen molar-refractivity contribution in [1.82, 2.24) is 0 Å². The van der Waals surface area contributed by atoms with Crippen molar-refractivity contribution < 1.29 is 5.11 Å². The fraction of sp³-hybridized carbons (Fsp3) is 0.579. The molecule has 0 amide bonds. The fourth-order valence-electron chi connectivity index (χ4n) is 3.73. The summed E-state index contributed by atoms with van der Waals surface area (Å²) >= 11 is 0. The van der Waals surface area contributed by atoms with E-state index in [1.165, 1.54) is 37.7 Å². The van der Waals surface area contributed by atoms with E-state index < -0.39 is 0 Å². The van der Waals surface area contributed by atoms with Gasteiger partial charge in [-0.2, -0.15) is 0 Å². The number of benzene rings is 1. The maximum Gasteiger partial charge on any atom is 0.0465 e. The summed E-state index contributed by atoms with van der Waals surface area (Å²) < 4.78 is 0. The van der Waals surface area contributed by atoms with Gasteiger partial charge >= 0.3 is 0 Å². The molecular formula is C19H28O. The van der Waals surface area contributed by atoms with Gasteiger partial charge in [-0.25, -0.2) is 0 Å². The molecule has 0 aromatic heterocycles. The average molecular weight is 272 g/mol. The molecule has 1 nitrogen and oxygen atoms in total. The van der Waals surface area contributed by atoms with Crippen LogP contribution in [0.15, 0.2) is 43.0 Å². The number of hydrogen-bond acceptors (Lipinski definition) is 1. The van der Waals surface area contributed by atoms with Crippen LogP contribution >= 0.6 is 0 Å². The molecule has 0 spiro atoms.